The molecule has 1 aromatic carbocycles. The fourth-order valence-corrected chi connectivity index (χ4v) is 3.11. The van der Waals surface area contributed by atoms with Gasteiger partial charge in [-0.05, 0) is 30.5 Å². The van der Waals surface area contributed by atoms with Crippen LogP contribution in [0.4, 0.5) is 4.39 Å². The van der Waals surface area contributed by atoms with Gasteiger partial charge in [-0.1, -0.05) is 12.1 Å². The second-order valence-corrected chi connectivity index (χ2v) is 6.36. The summed E-state index contributed by atoms with van der Waals surface area (Å²) in [5.74, 6) is -1.84. The van der Waals surface area contributed by atoms with Gasteiger partial charge in [-0.3, -0.25) is 9.59 Å². The van der Waals surface area contributed by atoms with Crippen molar-refractivity contribution >= 4 is 17.8 Å². The second-order valence-electron chi connectivity index (χ2n) is 6.36. The SMILES string of the molecule is O=C(O[C@H]1CCOC1=O)[C@@H]1CCCN(C(=O)Cc2ccc(F)cc2)C1. The van der Waals surface area contributed by atoms with Crippen molar-refractivity contribution in [2.45, 2.75) is 31.8 Å². The molecule has 2 fully saturated rings. The van der Waals surface area contributed by atoms with E-state index in [1.807, 2.05) is 0 Å². The molecule has 1 aromatic rings. The summed E-state index contributed by atoms with van der Waals surface area (Å²) in [5.41, 5.74) is 0.727. The van der Waals surface area contributed by atoms with Crippen molar-refractivity contribution in [2.24, 2.45) is 5.92 Å². The maximum absolute atomic E-state index is 12.9. The Morgan fingerprint density at radius 1 is 1.24 bits per heavy atom. The number of ether oxygens (including phenoxy) is 2. The van der Waals surface area contributed by atoms with E-state index in [-0.39, 0.29) is 31.3 Å². The Morgan fingerprint density at radius 3 is 2.68 bits per heavy atom. The molecule has 0 bridgehead atoms. The Hall–Kier alpha value is -2.44. The first-order valence-corrected chi connectivity index (χ1v) is 8.42. The van der Waals surface area contributed by atoms with Gasteiger partial charge in [-0.2, -0.15) is 0 Å². The molecule has 0 unspecified atom stereocenters. The Morgan fingerprint density at radius 2 is 2.00 bits per heavy atom. The average Bonchev–Trinajstić information content (AvgIpc) is 3.02. The lowest BCUT2D eigenvalue weighted by molar-refractivity contribution is -0.165. The van der Waals surface area contributed by atoms with E-state index in [2.05, 4.69) is 0 Å². The van der Waals surface area contributed by atoms with Crippen LogP contribution in [0.25, 0.3) is 0 Å². The average molecular weight is 349 g/mol. The van der Waals surface area contributed by atoms with E-state index in [0.717, 1.165) is 5.56 Å². The lowest BCUT2D eigenvalue weighted by atomic mass is 9.97. The van der Waals surface area contributed by atoms with Gasteiger partial charge in [0.2, 0.25) is 12.0 Å². The molecule has 2 aliphatic heterocycles. The van der Waals surface area contributed by atoms with Crippen molar-refractivity contribution in [3.63, 3.8) is 0 Å². The zero-order valence-electron chi connectivity index (χ0n) is 13.8. The van der Waals surface area contributed by atoms with Gasteiger partial charge >= 0.3 is 11.9 Å². The van der Waals surface area contributed by atoms with Crippen LogP contribution in [0.15, 0.2) is 24.3 Å². The van der Waals surface area contributed by atoms with Gasteiger partial charge in [0.15, 0.2) is 0 Å². The molecule has 0 N–H and O–H groups in total. The van der Waals surface area contributed by atoms with Crippen LogP contribution in [0.5, 0.6) is 0 Å². The minimum Gasteiger partial charge on any atom is -0.463 e. The standard InChI is InChI=1S/C18H20FNO5/c19-14-5-3-12(4-6-14)10-16(21)20-8-1-2-13(11-20)17(22)25-15-7-9-24-18(15)23/h3-6,13,15H,1-2,7-11H2/t13-,15+/m1/s1. The number of likely N-dealkylation sites (tertiary alicyclic amines) is 1. The lowest BCUT2D eigenvalue weighted by Crippen LogP contribution is -2.44. The number of rotatable bonds is 4. The summed E-state index contributed by atoms with van der Waals surface area (Å²) < 4.78 is 22.9. The molecule has 2 saturated heterocycles. The summed E-state index contributed by atoms with van der Waals surface area (Å²) in [6.07, 6.45) is 1.05. The molecule has 0 radical (unpaired) electrons. The molecule has 7 heteroatoms. The summed E-state index contributed by atoms with van der Waals surface area (Å²) in [7, 11) is 0. The van der Waals surface area contributed by atoms with Crippen LogP contribution in [0.3, 0.4) is 0 Å². The predicted molar refractivity (Wildman–Crippen MR) is 84.9 cm³/mol. The first-order chi connectivity index (χ1) is 12.0. The topological polar surface area (TPSA) is 72.9 Å². The number of esters is 2. The molecular weight excluding hydrogens is 329 g/mol. The van der Waals surface area contributed by atoms with Crippen LogP contribution in [0.2, 0.25) is 0 Å². The number of amides is 1. The van der Waals surface area contributed by atoms with E-state index in [0.29, 0.717) is 25.8 Å². The molecule has 0 aliphatic carbocycles. The monoisotopic (exact) mass is 349 g/mol. The van der Waals surface area contributed by atoms with Crippen molar-refractivity contribution in [1.29, 1.82) is 0 Å². The van der Waals surface area contributed by atoms with Crippen LogP contribution < -0.4 is 0 Å². The van der Waals surface area contributed by atoms with Crippen molar-refractivity contribution in [2.75, 3.05) is 19.7 Å². The molecular formula is C18H20FNO5. The van der Waals surface area contributed by atoms with Crippen molar-refractivity contribution in [3.05, 3.63) is 35.6 Å². The smallest absolute Gasteiger partial charge is 0.347 e. The Kier molecular flexibility index (Phi) is 5.31. The number of carbonyl (C=O) groups is 3. The number of benzene rings is 1. The number of halogens is 1. The van der Waals surface area contributed by atoms with Crippen LogP contribution in [-0.2, 0) is 30.3 Å². The highest BCUT2D eigenvalue weighted by Gasteiger charge is 2.35. The van der Waals surface area contributed by atoms with E-state index in [1.165, 1.54) is 12.1 Å². The molecule has 1 amide bonds. The van der Waals surface area contributed by atoms with Gasteiger partial charge in [0.05, 0.1) is 18.9 Å². The van der Waals surface area contributed by atoms with Crippen LogP contribution in [0.1, 0.15) is 24.8 Å². The third-order valence-corrected chi connectivity index (χ3v) is 4.52. The fraction of sp³-hybridized carbons (Fsp3) is 0.500. The molecule has 3 rings (SSSR count). The maximum atomic E-state index is 12.9. The van der Waals surface area contributed by atoms with Crippen LogP contribution in [-0.4, -0.2) is 48.5 Å². The molecule has 2 aliphatic rings. The van der Waals surface area contributed by atoms with E-state index in [4.69, 9.17) is 9.47 Å². The zero-order valence-corrected chi connectivity index (χ0v) is 13.8. The summed E-state index contributed by atoms with van der Waals surface area (Å²) in [5, 5.41) is 0. The van der Waals surface area contributed by atoms with Crippen LogP contribution >= 0.6 is 0 Å². The van der Waals surface area contributed by atoms with Crippen molar-refractivity contribution in [1.82, 2.24) is 4.90 Å². The molecule has 6 nitrogen and oxygen atoms in total. The van der Waals surface area contributed by atoms with Crippen LogP contribution in [0, 0.1) is 11.7 Å². The molecule has 2 heterocycles. The van der Waals surface area contributed by atoms with Gasteiger partial charge in [-0.15, -0.1) is 0 Å². The van der Waals surface area contributed by atoms with Crippen molar-refractivity contribution in [3.8, 4) is 0 Å². The number of cyclic esters (lactones) is 1. The quantitative estimate of drug-likeness (QED) is 0.770. The molecule has 134 valence electrons. The molecule has 0 saturated carbocycles. The Bertz CT molecular complexity index is 660. The minimum absolute atomic E-state index is 0.107. The highest BCUT2D eigenvalue weighted by atomic mass is 19.1. The fourth-order valence-electron chi connectivity index (χ4n) is 3.11. The van der Waals surface area contributed by atoms with E-state index in [1.54, 1.807) is 17.0 Å². The zero-order chi connectivity index (χ0) is 17.8. The molecule has 0 spiro atoms. The molecule has 0 aromatic heterocycles. The Balaban J connectivity index is 1.54. The van der Waals surface area contributed by atoms with Gasteiger partial charge in [0.1, 0.15) is 5.82 Å². The van der Waals surface area contributed by atoms with Gasteiger partial charge in [0, 0.05) is 19.5 Å². The Labute approximate surface area is 144 Å². The summed E-state index contributed by atoms with van der Waals surface area (Å²) >= 11 is 0. The van der Waals surface area contributed by atoms with E-state index in [9.17, 15) is 18.8 Å². The largest absolute Gasteiger partial charge is 0.463 e. The third-order valence-electron chi connectivity index (χ3n) is 4.52. The van der Waals surface area contributed by atoms with Gasteiger partial charge in [0.25, 0.3) is 0 Å². The van der Waals surface area contributed by atoms with Crippen molar-refractivity contribution < 1.29 is 28.2 Å². The van der Waals surface area contributed by atoms with E-state index < -0.39 is 24.0 Å². The normalized spacial score (nSPS) is 23.2. The number of hydrogen-bond donors (Lipinski definition) is 0. The second kappa shape index (κ2) is 7.63. The summed E-state index contributed by atoms with van der Waals surface area (Å²) in [4.78, 5) is 37.7. The minimum atomic E-state index is -0.821. The van der Waals surface area contributed by atoms with E-state index >= 15 is 0 Å². The third kappa shape index (κ3) is 4.35. The number of nitrogens with zero attached hydrogens (tertiary/aromatic N) is 1. The maximum Gasteiger partial charge on any atom is 0.347 e. The predicted octanol–water partition coefficient (Wildman–Crippen LogP) is 1.47. The summed E-state index contributed by atoms with van der Waals surface area (Å²) in [6, 6.07) is 5.79. The number of piperidine rings is 1. The number of hydrogen-bond acceptors (Lipinski definition) is 5. The molecule has 2 atom stereocenters. The number of carbonyl (C=O) groups excluding carboxylic acids is 3. The highest BCUT2D eigenvalue weighted by Crippen LogP contribution is 2.21. The lowest BCUT2D eigenvalue weighted by Gasteiger charge is -2.32. The first-order valence-electron chi connectivity index (χ1n) is 8.42. The molecule has 25 heavy (non-hydrogen) atoms. The first kappa shape index (κ1) is 17.4. The van der Waals surface area contributed by atoms with Gasteiger partial charge < -0.3 is 14.4 Å². The van der Waals surface area contributed by atoms with Gasteiger partial charge in [-0.25, -0.2) is 9.18 Å². The highest BCUT2D eigenvalue weighted by molar-refractivity contribution is 5.83. The summed E-state index contributed by atoms with van der Waals surface area (Å²) in [6.45, 7) is 1.12.